The van der Waals surface area contributed by atoms with Gasteiger partial charge in [-0.15, -0.1) is 0 Å². The predicted molar refractivity (Wildman–Crippen MR) is 163 cm³/mol. The lowest BCUT2D eigenvalue weighted by Crippen LogP contribution is -2.41. The van der Waals surface area contributed by atoms with Crippen molar-refractivity contribution in [1.29, 1.82) is 0 Å². The van der Waals surface area contributed by atoms with Crippen molar-refractivity contribution >= 4 is 34.4 Å². The first-order valence-corrected chi connectivity index (χ1v) is 14.1. The van der Waals surface area contributed by atoms with Crippen LogP contribution in [0, 0.1) is 6.92 Å². The second-order valence-electron chi connectivity index (χ2n) is 11.2. The molecule has 2 N–H and O–H groups in total. The second kappa shape index (κ2) is 12.5. The lowest BCUT2D eigenvalue weighted by Gasteiger charge is -2.25. The third-order valence-electron chi connectivity index (χ3n) is 6.97. The van der Waals surface area contributed by atoms with E-state index >= 15 is 0 Å². The Morgan fingerprint density at radius 2 is 1.64 bits per heavy atom. The quantitative estimate of drug-likeness (QED) is 0.259. The Morgan fingerprint density at radius 3 is 2.36 bits per heavy atom. The molecule has 3 amide bonds. The number of nitrogens with zero attached hydrogens (tertiary/aromatic N) is 3. The number of hydrogen-bond acceptors (Lipinski definition) is 6. The van der Waals surface area contributed by atoms with E-state index in [4.69, 9.17) is 19.3 Å². The number of carbonyl (C=O) groups excluding carboxylic acids is 2. The molecule has 3 aromatic carbocycles. The van der Waals surface area contributed by atoms with Gasteiger partial charge in [0.25, 0.3) is 0 Å². The van der Waals surface area contributed by atoms with Crippen LogP contribution in [0.3, 0.4) is 0 Å². The SMILES string of the molecule is Cc1ccc(-n2nc(C(C)(C)C)cc2NC(=O)Nc2ccc(OCCOC(=O)N3CCOCC3)c3ccccc23)cc1. The first-order valence-electron chi connectivity index (χ1n) is 14.1. The summed E-state index contributed by atoms with van der Waals surface area (Å²) in [6.45, 7) is 10.7. The van der Waals surface area contributed by atoms with E-state index in [1.807, 2.05) is 61.5 Å². The molecule has 0 bridgehead atoms. The smallest absolute Gasteiger partial charge is 0.410 e. The zero-order chi connectivity index (χ0) is 29.7. The number of amides is 3. The zero-order valence-corrected chi connectivity index (χ0v) is 24.5. The normalized spacial score (nSPS) is 13.6. The standard InChI is InChI=1S/C32H37N5O5/c1-22-9-11-23(12-10-22)37-29(21-28(35-37)32(2,3)4)34-30(38)33-26-13-14-27(25-8-6-5-7-24(25)26)41-19-20-42-31(39)36-15-17-40-18-16-36/h5-14,21H,15-20H2,1-4H3,(H2,33,34,38). The number of fused-ring (bicyclic) bond motifs is 1. The van der Waals surface area contributed by atoms with Crippen LogP contribution in [-0.2, 0) is 14.9 Å². The van der Waals surface area contributed by atoms with Crippen LogP contribution in [0.2, 0.25) is 0 Å². The number of nitrogens with one attached hydrogen (secondary N) is 2. The van der Waals surface area contributed by atoms with Crippen LogP contribution >= 0.6 is 0 Å². The first kappa shape index (κ1) is 28.9. The highest BCUT2D eigenvalue weighted by atomic mass is 16.6. The van der Waals surface area contributed by atoms with E-state index in [-0.39, 0.29) is 24.7 Å². The summed E-state index contributed by atoms with van der Waals surface area (Å²) in [6.07, 6.45) is -0.365. The fourth-order valence-corrected chi connectivity index (χ4v) is 4.61. The molecular weight excluding hydrogens is 534 g/mol. The molecule has 1 aliphatic heterocycles. The molecular formula is C32H37N5O5. The van der Waals surface area contributed by atoms with Gasteiger partial charge in [0, 0.05) is 35.3 Å². The number of hydrogen-bond donors (Lipinski definition) is 2. The Labute approximate surface area is 245 Å². The maximum Gasteiger partial charge on any atom is 0.410 e. The van der Waals surface area contributed by atoms with Crippen LogP contribution in [0.4, 0.5) is 21.1 Å². The lowest BCUT2D eigenvalue weighted by molar-refractivity contribution is 0.0240. The van der Waals surface area contributed by atoms with E-state index in [1.165, 1.54) is 0 Å². The number of ether oxygens (including phenoxy) is 3. The largest absolute Gasteiger partial charge is 0.489 e. The van der Waals surface area contributed by atoms with Crippen LogP contribution in [0.1, 0.15) is 32.0 Å². The van der Waals surface area contributed by atoms with E-state index in [1.54, 1.807) is 21.7 Å². The van der Waals surface area contributed by atoms with Crippen LogP contribution in [0.5, 0.6) is 5.75 Å². The van der Waals surface area contributed by atoms with Crippen molar-refractivity contribution in [2.75, 3.05) is 50.2 Å². The van der Waals surface area contributed by atoms with Crippen molar-refractivity contribution in [2.24, 2.45) is 0 Å². The van der Waals surface area contributed by atoms with Crippen molar-refractivity contribution < 1.29 is 23.8 Å². The summed E-state index contributed by atoms with van der Waals surface area (Å²) in [4.78, 5) is 27.1. The molecule has 0 saturated carbocycles. The molecule has 10 heteroatoms. The highest BCUT2D eigenvalue weighted by Crippen LogP contribution is 2.32. The number of aryl methyl sites for hydroxylation is 1. The van der Waals surface area contributed by atoms with E-state index in [0.717, 1.165) is 27.7 Å². The van der Waals surface area contributed by atoms with Crippen LogP contribution in [-0.4, -0.2) is 66.3 Å². The molecule has 42 heavy (non-hydrogen) atoms. The number of anilines is 2. The molecule has 2 heterocycles. The molecule has 0 aliphatic carbocycles. The highest BCUT2D eigenvalue weighted by molar-refractivity contribution is 6.07. The third kappa shape index (κ3) is 6.83. The van der Waals surface area contributed by atoms with E-state index < -0.39 is 6.03 Å². The summed E-state index contributed by atoms with van der Waals surface area (Å²) in [6, 6.07) is 20.8. The van der Waals surface area contributed by atoms with Gasteiger partial charge in [-0.1, -0.05) is 62.7 Å². The maximum absolute atomic E-state index is 13.3. The molecule has 1 aliphatic rings. The molecule has 220 valence electrons. The Hall–Kier alpha value is -4.57. The third-order valence-corrected chi connectivity index (χ3v) is 6.97. The number of urea groups is 1. The molecule has 5 rings (SSSR count). The van der Waals surface area contributed by atoms with Gasteiger partial charge in [-0.25, -0.2) is 14.3 Å². The van der Waals surface area contributed by atoms with Gasteiger partial charge >= 0.3 is 12.1 Å². The number of aromatic nitrogens is 2. The van der Waals surface area contributed by atoms with Crippen molar-refractivity contribution in [3.63, 3.8) is 0 Å². The van der Waals surface area contributed by atoms with E-state index in [0.29, 0.717) is 43.6 Å². The minimum Gasteiger partial charge on any atom is -0.489 e. The van der Waals surface area contributed by atoms with Gasteiger partial charge in [-0.05, 0) is 31.2 Å². The monoisotopic (exact) mass is 571 g/mol. The summed E-state index contributed by atoms with van der Waals surface area (Å²) in [5.41, 5.74) is 3.29. The average molecular weight is 572 g/mol. The summed E-state index contributed by atoms with van der Waals surface area (Å²) in [5, 5.41) is 12.4. The number of rotatable bonds is 7. The summed E-state index contributed by atoms with van der Waals surface area (Å²) < 4.78 is 18.3. The molecule has 1 fully saturated rings. The van der Waals surface area contributed by atoms with Crippen LogP contribution < -0.4 is 15.4 Å². The van der Waals surface area contributed by atoms with Crippen molar-refractivity contribution in [3.8, 4) is 11.4 Å². The Bertz CT molecular complexity index is 1550. The molecule has 0 unspecified atom stereocenters. The topological polar surface area (TPSA) is 107 Å². The van der Waals surface area contributed by atoms with Crippen LogP contribution in [0.25, 0.3) is 16.5 Å². The molecule has 0 atom stereocenters. The number of morpholine rings is 1. The van der Waals surface area contributed by atoms with Gasteiger partial charge in [-0.2, -0.15) is 5.10 Å². The molecule has 0 spiro atoms. The summed E-state index contributed by atoms with van der Waals surface area (Å²) in [7, 11) is 0. The van der Waals surface area contributed by atoms with E-state index in [2.05, 4.69) is 31.4 Å². The number of benzene rings is 3. The Kier molecular flexibility index (Phi) is 8.63. The fourth-order valence-electron chi connectivity index (χ4n) is 4.61. The van der Waals surface area contributed by atoms with E-state index in [9.17, 15) is 9.59 Å². The Morgan fingerprint density at radius 1 is 0.929 bits per heavy atom. The molecule has 10 nitrogen and oxygen atoms in total. The molecule has 0 radical (unpaired) electrons. The fraction of sp³-hybridized carbons (Fsp3) is 0.344. The second-order valence-corrected chi connectivity index (χ2v) is 11.2. The first-order chi connectivity index (χ1) is 20.2. The number of carbonyl (C=O) groups is 2. The van der Waals surface area contributed by atoms with Gasteiger partial charge in [0.15, 0.2) is 0 Å². The molecule has 4 aromatic rings. The minimum absolute atomic E-state index is 0.123. The summed E-state index contributed by atoms with van der Waals surface area (Å²) in [5.74, 6) is 1.20. The molecule has 1 saturated heterocycles. The lowest BCUT2D eigenvalue weighted by atomic mass is 9.92. The minimum atomic E-state index is -0.391. The maximum atomic E-state index is 13.3. The molecule has 1 aromatic heterocycles. The van der Waals surface area contributed by atoms with Gasteiger partial charge in [-0.3, -0.25) is 5.32 Å². The Balaban J connectivity index is 1.27. The van der Waals surface area contributed by atoms with Crippen molar-refractivity contribution in [2.45, 2.75) is 33.1 Å². The van der Waals surface area contributed by atoms with Gasteiger partial charge < -0.3 is 24.4 Å². The zero-order valence-electron chi connectivity index (χ0n) is 24.5. The van der Waals surface area contributed by atoms with Crippen molar-refractivity contribution in [3.05, 3.63) is 78.0 Å². The predicted octanol–water partition coefficient (Wildman–Crippen LogP) is 6.12. The van der Waals surface area contributed by atoms with Crippen molar-refractivity contribution in [1.82, 2.24) is 14.7 Å². The van der Waals surface area contributed by atoms with Gasteiger partial charge in [0.1, 0.15) is 24.8 Å². The average Bonchev–Trinajstić information content (AvgIpc) is 3.41. The summed E-state index contributed by atoms with van der Waals surface area (Å²) >= 11 is 0. The van der Waals surface area contributed by atoms with Gasteiger partial charge in [0.2, 0.25) is 0 Å². The highest BCUT2D eigenvalue weighted by Gasteiger charge is 2.22. The van der Waals surface area contributed by atoms with Crippen LogP contribution in [0.15, 0.2) is 66.7 Å². The van der Waals surface area contributed by atoms with Gasteiger partial charge in [0.05, 0.1) is 30.3 Å².